The van der Waals surface area contributed by atoms with E-state index in [9.17, 15) is 5.26 Å². The van der Waals surface area contributed by atoms with Crippen LogP contribution in [0.15, 0.2) is 48.5 Å². The minimum atomic E-state index is -0.311. The molecule has 0 aliphatic rings. The predicted octanol–water partition coefficient (Wildman–Crippen LogP) is 4.23. The van der Waals surface area contributed by atoms with E-state index in [0.717, 1.165) is 17.7 Å². The van der Waals surface area contributed by atoms with Gasteiger partial charge in [-0.1, -0.05) is 48.9 Å². The van der Waals surface area contributed by atoms with Crippen LogP contribution in [0.3, 0.4) is 0 Å². The first kappa shape index (κ1) is 13.2. The van der Waals surface area contributed by atoms with E-state index in [4.69, 9.17) is 0 Å². The first-order valence-electron chi connectivity index (χ1n) is 6.54. The van der Waals surface area contributed by atoms with E-state index in [1.165, 1.54) is 11.1 Å². The van der Waals surface area contributed by atoms with Gasteiger partial charge in [-0.15, -0.1) is 0 Å². The number of rotatable bonds is 4. The summed E-state index contributed by atoms with van der Waals surface area (Å²) < 4.78 is 0. The summed E-state index contributed by atoms with van der Waals surface area (Å²) >= 11 is 0. The van der Waals surface area contributed by atoms with Crippen molar-refractivity contribution in [1.82, 2.24) is 0 Å². The molecule has 2 aromatic carbocycles. The summed E-state index contributed by atoms with van der Waals surface area (Å²) in [4.78, 5) is 0. The standard InChI is InChI=1S/C17H18N2/c1-3-14-6-8-15(9-7-14)17(12-18)19-16-10-4-13(2)5-11-16/h4-11,17,19H,3H2,1-2H3. The molecule has 0 spiro atoms. The minimum absolute atomic E-state index is 0.311. The van der Waals surface area contributed by atoms with Gasteiger partial charge >= 0.3 is 0 Å². The molecular formula is C17H18N2. The Morgan fingerprint density at radius 3 is 2.21 bits per heavy atom. The SMILES string of the molecule is CCc1ccc(C(C#N)Nc2ccc(C)cc2)cc1. The normalized spacial score (nSPS) is 11.6. The molecule has 2 heteroatoms. The van der Waals surface area contributed by atoms with Gasteiger partial charge in [-0.05, 0) is 36.6 Å². The van der Waals surface area contributed by atoms with Crippen molar-refractivity contribution < 1.29 is 0 Å². The van der Waals surface area contributed by atoms with E-state index in [1.807, 2.05) is 36.4 Å². The van der Waals surface area contributed by atoms with Gasteiger partial charge in [-0.3, -0.25) is 0 Å². The molecule has 1 atom stereocenters. The minimum Gasteiger partial charge on any atom is -0.366 e. The molecule has 2 rings (SSSR count). The Bertz CT molecular complexity index is 562. The molecule has 96 valence electrons. The van der Waals surface area contributed by atoms with Crippen LogP contribution in [-0.4, -0.2) is 0 Å². The number of benzene rings is 2. The Morgan fingerprint density at radius 2 is 1.68 bits per heavy atom. The molecule has 1 N–H and O–H groups in total. The van der Waals surface area contributed by atoms with E-state index in [-0.39, 0.29) is 6.04 Å². The molecule has 2 nitrogen and oxygen atoms in total. The van der Waals surface area contributed by atoms with Crippen molar-refractivity contribution >= 4 is 5.69 Å². The highest BCUT2D eigenvalue weighted by Gasteiger charge is 2.09. The van der Waals surface area contributed by atoms with Crippen LogP contribution in [0, 0.1) is 18.3 Å². The molecule has 0 saturated carbocycles. The van der Waals surface area contributed by atoms with Crippen molar-refractivity contribution in [2.45, 2.75) is 26.3 Å². The molecule has 0 aliphatic carbocycles. The maximum absolute atomic E-state index is 9.31. The van der Waals surface area contributed by atoms with Crippen LogP contribution in [0.5, 0.6) is 0 Å². The van der Waals surface area contributed by atoms with Crippen LogP contribution in [-0.2, 0) is 6.42 Å². The van der Waals surface area contributed by atoms with Crippen LogP contribution in [0.25, 0.3) is 0 Å². The first-order chi connectivity index (χ1) is 9.22. The average molecular weight is 250 g/mol. The Hall–Kier alpha value is -2.27. The lowest BCUT2D eigenvalue weighted by Crippen LogP contribution is -2.08. The predicted molar refractivity (Wildman–Crippen MR) is 79.0 cm³/mol. The van der Waals surface area contributed by atoms with E-state index in [0.29, 0.717) is 0 Å². The van der Waals surface area contributed by atoms with Gasteiger partial charge in [0.15, 0.2) is 0 Å². The third-order valence-corrected chi connectivity index (χ3v) is 3.21. The zero-order valence-corrected chi connectivity index (χ0v) is 11.4. The molecule has 2 aromatic rings. The van der Waals surface area contributed by atoms with Gasteiger partial charge in [0.05, 0.1) is 6.07 Å². The van der Waals surface area contributed by atoms with Gasteiger partial charge in [0.1, 0.15) is 6.04 Å². The van der Waals surface area contributed by atoms with Crippen molar-refractivity contribution in [2.75, 3.05) is 5.32 Å². The fourth-order valence-electron chi connectivity index (χ4n) is 1.95. The summed E-state index contributed by atoms with van der Waals surface area (Å²) in [6.07, 6.45) is 1.02. The van der Waals surface area contributed by atoms with Gasteiger partial charge in [0, 0.05) is 5.69 Å². The molecule has 0 saturated heterocycles. The van der Waals surface area contributed by atoms with Gasteiger partial charge < -0.3 is 5.32 Å². The molecule has 0 heterocycles. The second kappa shape index (κ2) is 6.06. The molecule has 0 fully saturated rings. The van der Waals surface area contributed by atoms with Gasteiger partial charge in [0.25, 0.3) is 0 Å². The lowest BCUT2D eigenvalue weighted by Gasteiger charge is -2.14. The van der Waals surface area contributed by atoms with Crippen molar-refractivity contribution in [3.63, 3.8) is 0 Å². The monoisotopic (exact) mass is 250 g/mol. The summed E-state index contributed by atoms with van der Waals surface area (Å²) in [6, 6.07) is 18.3. The number of aryl methyl sites for hydroxylation is 2. The van der Waals surface area contributed by atoms with Crippen LogP contribution in [0.2, 0.25) is 0 Å². The van der Waals surface area contributed by atoms with Crippen LogP contribution in [0.4, 0.5) is 5.69 Å². The van der Waals surface area contributed by atoms with Crippen molar-refractivity contribution in [1.29, 1.82) is 5.26 Å². The van der Waals surface area contributed by atoms with E-state index < -0.39 is 0 Å². The quantitative estimate of drug-likeness (QED) is 0.881. The first-order valence-corrected chi connectivity index (χ1v) is 6.54. The fourth-order valence-corrected chi connectivity index (χ4v) is 1.95. The van der Waals surface area contributed by atoms with E-state index in [2.05, 4.69) is 37.4 Å². The summed E-state index contributed by atoms with van der Waals surface area (Å²) in [5, 5.41) is 12.6. The molecule has 0 amide bonds. The maximum atomic E-state index is 9.31. The van der Waals surface area contributed by atoms with Gasteiger partial charge in [-0.2, -0.15) is 5.26 Å². The van der Waals surface area contributed by atoms with E-state index in [1.54, 1.807) is 0 Å². The fraction of sp³-hybridized carbons (Fsp3) is 0.235. The van der Waals surface area contributed by atoms with Crippen LogP contribution >= 0.6 is 0 Å². The Morgan fingerprint density at radius 1 is 1.05 bits per heavy atom. The molecule has 0 radical (unpaired) electrons. The van der Waals surface area contributed by atoms with E-state index >= 15 is 0 Å². The van der Waals surface area contributed by atoms with Crippen molar-refractivity contribution in [2.24, 2.45) is 0 Å². The number of nitrogens with one attached hydrogen (secondary N) is 1. The molecule has 19 heavy (non-hydrogen) atoms. The van der Waals surface area contributed by atoms with Crippen LogP contribution in [0.1, 0.15) is 29.7 Å². The summed E-state index contributed by atoms with van der Waals surface area (Å²) in [6.45, 7) is 4.18. The maximum Gasteiger partial charge on any atom is 0.140 e. The lowest BCUT2D eigenvalue weighted by atomic mass is 10.0. The third-order valence-electron chi connectivity index (χ3n) is 3.21. The lowest BCUT2D eigenvalue weighted by molar-refractivity contribution is 0.991. The Balaban J connectivity index is 2.15. The number of nitrogens with zero attached hydrogens (tertiary/aromatic N) is 1. The molecule has 1 unspecified atom stereocenters. The molecule has 0 aliphatic heterocycles. The zero-order chi connectivity index (χ0) is 13.7. The number of nitriles is 1. The van der Waals surface area contributed by atoms with Gasteiger partial charge in [-0.25, -0.2) is 0 Å². The molecular weight excluding hydrogens is 232 g/mol. The summed E-state index contributed by atoms with van der Waals surface area (Å²) in [5.41, 5.74) is 4.47. The number of hydrogen-bond donors (Lipinski definition) is 1. The van der Waals surface area contributed by atoms with Crippen molar-refractivity contribution in [3.8, 4) is 6.07 Å². The summed E-state index contributed by atoms with van der Waals surface area (Å²) in [7, 11) is 0. The summed E-state index contributed by atoms with van der Waals surface area (Å²) in [5.74, 6) is 0. The zero-order valence-electron chi connectivity index (χ0n) is 11.4. The molecule has 0 bridgehead atoms. The van der Waals surface area contributed by atoms with Gasteiger partial charge in [0.2, 0.25) is 0 Å². The highest BCUT2D eigenvalue weighted by Crippen LogP contribution is 2.20. The smallest absolute Gasteiger partial charge is 0.140 e. The Labute approximate surface area is 114 Å². The number of hydrogen-bond acceptors (Lipinski definition) is 2. The largest absolute Gasteiger partial charge is 0.366 e. The Kier molecular flexibility index (Phi) is 4.20. The molecule has 0 aromatic heterocycles. The topological polar surface area (TPSA) is 35.8 Å². The number of anilines is 1. The second-order valence-electron chi connectivity index (χ2n) is 4.67. The second-order valence-corrected chi connectivity index (χ2v) is 4.67. The van der Waals surface area contributed by atoms with Crippen LogP contribution < -0.4 is 5.32 Å². The third kappa shape index (κ3) is 3.35. The average Bonchev–Trinajstić information content (AvgIpc) is 2.47. The van der Waals surface area contributed by atoms with Crippen molar-refractivity contribution in [3.05, 3.63) is 65.2 Å². The highest BCUT2D eigenvalue weighted by atomic mass is 14.9. The highest BCUT2D eigenvalue weighted by molar-refractivity contribution is 5.48.